The monoisotopic (exact) mass is 881 g/mol. The van der Waals surface area contributed by atoms with Crippen LogP contribution in [0.4, 0.5) is 9.18 Å². The molecule has 3 aliphatic carbocycles. The number of aliphatic hydroxyl groups excluding tert-OH is 1. The molecule has 63 heavy (non-hydrogen) atoms. The fraction of sp³-hybridized carbons (Fsp3) is 0.630. The molecule has 2 bridgehead atoms. The van der Waals surface area contributed by atoms with Crippen molar-refractivity contribution in [1.29, 1.82) is 0 Å². The molecule has 3 heterocycles. The van der Waals surface area contributed by atoms with Gasteiger partial charge in [0.1, 0.15) is 53.2 Å². The number of benzene rings is 1. The second kappa shape index (κ2) is 16.8. The van der Waals surface area contributed by atoms with E-state index < -0.39 is 124 Å². The molecular weight excluding hydrogens is 822 g/mol. The van der Waals surface area contributed by atoms with Gasteiger partial charge < -0.3 is 53.6 Å². The average molecular weight is 882 g/mol. The molecule has 5 aliphatic rings. The Bertz CT molecular complexity index is 2130. The third-order valence-corrected chi connectivity index (χ3v) is 13.6. The van der Waals surface area contributed by atoms with Crippen LogP contribution in [0.2, 0.25) is 0 Å². The summed E-state index contributed by atoms with van der Waals surface area (Å²) in [5.74, 6) is -4.55. The van der Waals surface area contributed by atoms with Crippen molar-refractivity contribution in [3.05, 3.63) is 76.9 Å². The van der Waals surface area contributed by atoms with E-state index in [0.717, 1.165) is 6.07 Å². The first-order chi connectivity index (χ1) is 29.4. The van der Waals surface area contributed by atoms with Crippen LogP contribution in [-0.2, 0) is 42.7 Å². The Morgan fingerprint density at radius 1 is 1.05 bits per heavy atom. The van der Waals surface area contributed by atoms with Gasteiger partial charge in [-0.05, 0) is 90.0 Å². The standard InChI is InChI=1S/C46H60FN3O13/c1-24-28(58-40(54)34(52)33(32-27(47)17-14-20-48-32)49-41(55)63-42(3,4)5)21-46(56)38(61-39(53)26-15-12-11-13-16-26)36-44(8,19-18-29-45(36,23-57-29)62-25(2)51)37-35(31(24)43(46,6)7)59-30(60-37)22-50(9)10/h11-17,20,28-30,33-38,52,56H,18-19,21-23H2,1-10H3,(H,49,55)/t28-,29?,30+,33-,34+,35+,36-,37+,38-,44+,45-,46+/m0/s1. The second-order valence-corrected chi connectivity index (χ2v) is 19.6. The number of alkyl carbamates (subject to hydrolysis) is 1. The van der Waals surface area contributed by atoms with Crippen LogP contribution >= 0.6 is 0 Å². The van der Waals surface area contributed by atoms with Gasteiger partial charge in [-0.1, -0.05) is 39.0 Å². The fourth-order valence-electron chi connectivity index (χ4n) is 10.8. The first-order valence-electron chi connectivity index (χ1n) is 21.4. The number of ether oxygens (including phenoxy) is 7. The van der Waals surface area contributed by atoms with E-state index >= 15 is 4.39 Å². The Balaban J connectivity index is 1.38. The molecule has 0 spiro atoms. The minimum Gasteiger partial charge on any atom is -0.456 e. The average Bonchev–Trinajstić information content (AvgIpc) is 3.59. The van der Waals surface area contributed by atoms with Crippen LogP contribution in [0, 0.1) is 22.6 Å². The van der Waals surface area contributed by atoms with Gasteiger partial charge in [-0.15, -0.1) is 0 Å². The summed E-state index contributed by atoms with van der Waals surface area (Å²) >= 11 is 0. The molecule has 2 aromatic rings. The molecular formula is C46H60FN3O13. The maximum absolute atomic E-state index is 15.3. The Hall–Kier alpha value is -4.52. The summed E-state index contributed by atoms with van der Waals surface area (Å²) in [6.07, 6.45) is -7.45. The van der Waals surface area contributed by atoms with Crippen LogP contribution in [0.25, 0.3) is 0 Å². The number of nitrogens with zero attached hydrogens (tertiary/aromatic N) is 2. The van der Waals surface area contributed by atoms with E-state index in [2.05, 4.69) is 10.3 Å². The molecule has 2 saturated carbocycles. The maximum atomic E-state index is 15.3. The quantitative estimate of drug-likeness (QED) is 0.170. The highest BCUT2D eigenvalue weighted by Gasteiger charge is 2.77. The van der Waals surface area contributed by atoms with Crippen LogP contribution in [0.1, 0.15) is 96.7 Å². The van der Waals surface area contributed by atoms with Crippen LogP contribution in [0.5, 0.6) is 0 Å². The van der Waals surface area contributed by atoms with Crippen molar-refractivity contribution in [2.75, 3.05) is 27.2 Å². The van der Waals surface area contributed by atoms with E-state index in [4.69, 9.17) is 33.2 Å². The Labute approximate surface area is 366 Å². The van der Waals surface area contributed by atoms with Gasteiger partial charge in [0.15, 0.2) is 18.0 Å². The molecule has 7 rings (SSSR count). The van der Waals surface area contributed by atoms with Gasteiger partial charge in [-0.3, -0.25) is 9.78 Å². The molecule has 1 unspecified atom stereocenters. The van der Waals surface area contributed by atoms with Crippen molar-refractivity contribution in [3.8, 4) is 0 Å². The number of pyridine rings is 1. The number of aliphatic hydroxyl groups is 2. The van der Waals surface area contributed by atoms with E-state index in [0.29, 0.717) is 30.5 Å². The van der Waals surface area contributed by atoms with Crippen molar-refractivity contribution < 1.29 is 66.9 Å². The summed E-state index contributed by atoms with van der Waals surface area (Å²) in [4.78, 5) is 60.9. The lowest BCUT2D eigenvalue weighted by Gasteiger charge is -2.68. The Morgan fingerprint density at radius 2 is 1.75 bits per heavy atom. The van der Waals surface area contributed by atoms with Crippen LogP contribution in [0.15, 0.2) is 59.8 Å². The van der Waals surface area contributed by atoms with Crippen LogP contribution < -0.4 is 5.32 Å². The molecule has 17 heteroatoms. The number of amides is 1. The van der Waals surface area contributed by atoms with Gasteiger partial charge in [-0.2, -0.15) is 0 Å². The highest BCUT2D eigenvalue weighted by molar-refractivity contribution is 5.89. The topological polar surface area (TPSA) is 202 Å². The summed E-state index contributed by atoms with van der Waals surface area (Å²) in [5, 5.41) is 28.0. The van der Waals surface area contributed by atoms with Gasteiger partial charge in [0, 0.05) is 36.9 Å². The summed E-state index contributed by atoms with van der Waals surface area (Å²) in [7, 11) is 3.75. The highest BCUT2D eigenvalue weighted by atomic mass is 19.1. The van der Waals surface area contributed by atoms with Gasteiger partial charge in [0.2, 0.25) is 0 Å². The predicted molar refractivity (Wildman–Crippen MR) is 221 cm³/mol. The number of halogens is 1. The molecule has 3 N–H and O–H groups in total. The lowest BCUT2D eigenvalue weighted by molar-refractivity contribution is -0.345. The summed E-state index contributed by atoms with van der Waals surface area (Å²) in [5.41, 5.74) is -6.14. The molecule has 16 nitrogen and oxygen atoms in total. The lowest BCUT2D eigenvalue weighted by Crippen LogP contribution is -2.79. The third-order valence-electron chi connectivity index (χ3n) is 13.6. The summed E-state index contributed by atoms with van der Waals surface area (Å²) < 4.78 is 59.7. The number of nitrogens with one attached hydrogen (secondary N) is 1. The van der Waals surface area contributed by atoms with E-state index in [1.165, 1.54) is 19.2 Å². The van der Waals surface area contributed by atoms with Crippen LogP contribution in [-0.4, -0.2) is 131 Å². The number of hydrogen-bond donors (Lipinski definition) is 3. The predicted octanol–water partition coefficient (Wildman–Crippen LogP) is 4.56. The van der Waals surface area contributed by atoms with E-state index in [1.807, 2.05) is 25.9 Å². The number of rotatable bonds is 10. The van der Waals surface area contributed by atoms with Crippen molar-refractivity contribution in [1.82, 2.24) is 15.2 Å². The van der Waals surface area contributed by atoms with Gasteiger partial charge in [-0.25, -0.2) is 18.8 Å². The number of likely N-dealkylation sites (N-methyl/N-ethyl adjacent to an activating group) is 1. The maximum Gasteiger partial charge on any atom is 0.408 e. The van der Waals surface area contributed by atoms with Crippen LogP contribution in [0.3, 0.4) is 0 Å². The Morgan fingerprint density at radius 3 is 2.35 bits per heavy atom. The largest absolute Gasteiger partial charge is 0.456 e. The van der Waals surface area contributed by atoms with Crippen molar-refractivity contribution >= 4 is 24.0 Å². The number of carbonyl (C=O) groups is 4. The number of esters is 3. The normalized spacial score (nSPS) is 34.1. The lowest BCUT2D eigenvalue weighted by atomic mass is 9.45. The summed E-state index contributed by atoms with van der Waals surface area (Å²) in [6, 6.07) is 8.88. The third kappa shape index (κ3) is 8.25. The summed E-state index contributed by atoms with van der Waals surface area (Å²) in [6.45, 7) is 13.7. The van der Waals surface area contributed by atoms with Crippen molar-refractivity contribution in [2.24, 2.45) is 16.7 Å². The van der Waals surface area contributed by atoms with E-state index in [-0.39, 0.29) is 12.2 Å². The molecule has 1 aromatic heterocycles. The van der Waals surface area contributed by atoms with Crippen molar-refractivity contribution in [2.45, 2.75) is 140 Å². The highest BCUT2D eigenvalue weighted by Crippen LogP contribution is 2.66. The number of hydrogen-bond acceptors (Lipinski definition) is 15. The molecule has 1 amide bonds. The number of carbonyl (C=O) groups excluding carboxylic acids is 4. The van der Waals surface area contributed by atoms with Gasteiger partial charge in [0.05, 0.1) is 24.2 Å². The molecule has 344 valence electrons. The zero-order chi connectivity index (χ0) is 46.0. The number of aromatic nitrogens is 1. The molecule has 4 fully saturated rings. The Kier molecular flexibility index (Phi) is 12.4. The number of fused-ring (bicyclic) bond motifs is 8. The van der Waals surface area contributed by atoms with E-state index in [1.54, 1.807) is 71.9 Å². The van der Waals surface area contributed by atoms with Gasteiger partial charge >= 0.3 is 24.0 Å². The zero-order valence-electron chi connectivity index (χ0n) is 37.5. The minimum atomic E-state index is -2.24. The first-order valence-corrected chi connectivity index (χ1v) is 21.4. The fourth-order valence-corrected chi connectivity index (χ4v) is 10.8. The zero-order valence-corrected chi connectivity index (χ0v) is 37.5. The first kappa shape index (κ1) is 46.5. The molecule has 1 aromatic carbocycles. The molecule has 12 atom stereocenters. The second-order valence-electron chi connectivity index (χ2n) is 19.6. The van der Waals surface area contributed by atoms with Crippen molar-refractivity contribution in [3.63, 3.8) is 0 Å². The van der Waals surface area contributed by atoms with E-state index in [9.17, 15) is 29.4 Å². The SMILES string of the molecule is CC(=O)O[C@@]12COC1CC[C@@]1(C)[C@@H]3O[C@H](CN(C)C)O[C@@H]3C3=C(C)[C@@H](OC(=O)[C@H](O)[C@@H](NC(=O)OC(C)(C)C)c4ncccc4F)C[C@@](O)([C@@H](OC(=O)c4ccccc4)[C@@H]12)C3(C)C. The smallest absolute Gasteiger partial charge is 0.408 e. The molecule has 2 saturated heterocycles. The molecule has 0 radical (unpaired) electrons. The minimum absolute atomic E-state index is 0.0603. The molecule has 2 aliphatic heterocycles. The van der Waals surface area contributed by atoms with Gasteiger partial charge in [0.25, 0.3) is 0 Å².